The average Bonchev–Trinajstić information content (AvgIpc) is 2.25. The topological polar surface area (TPSA) is 18.5 Å². The lowest BCUT2D eigenvalue weighted by molar-refractivity contribution is 0.309. The third kappa shape index (κ3) is 3.92. The van der Waals surface area contributed by atoms with Gasteiger partial charge in [0.1, 0.15) is 11.5 Å². The molecular weight excluding hydrogens is 196 g/mol. The van der Waals surface area contributed by atoms with Crippen molar-refractivity contribution < 1.29 is 9.47 Å². The molecule has 14 heavy (non-hydrogen) atoms. The van der Waals surface area contributed by atoms with E-state index in [2.05, 4.69) is 12.6 Å². The summed E-state index contributed by atoms with van der Waals surface area (Å²) in [6.45, 7) is 0.757. The molecule has 2 nitrogen and oxygen atoms in total. The van der Waals surface area contributed by atoms with Crippen molar-refractivity contribution in [2.75, 3.05) is 19.5 Å². The Labute approximate surface area is 90.6 Å². The molecule has 3 heteroatoms. The molecule has 0 N–H and O–H groups in total. The lowest BCUT2D eigenvalue weighted by Crippen LogP contribution is -1.97. The van der Waals surface area contributed by atoms with Gasteiger partial charge in [-0.2, -0.15) is 12.6 Å². The summed E-state index contributed by atoms with van der Waals surface area (Å²) < 4.78 is 10.6. The maximum absolute atomic E-state index is 5.52. The highest BCUT2D eigenvalue weighted by Crippen LogP contribution is 2.17. The molecule has 0 aliphatic heterocycles. The molecule has 0 heterocycles. The second-order valence-corrected chi connectivity index (χ2v) is 3.40. The normalized spacial score (nSPS) is 9.86. The number of hydrogen-bond donors (Lipinski definition) is 1. The first-order valence-corrected chi connectivity index (χ1v) is 5.38. The van der Waals surface area contributed by atoms with E-state index in [1.54, 1.807) is 7.11 Å². The van der Waals surface area contributed by atoms with Crippen LogP contribution in [0, 0.1) is 0 Å². The molecule has 0 fully saturated rings. The molecule has 0 aromatic heterocycles. The SMILES string of the molecule is COc1ccc(OCCCCS)cc1. The Morgan fingerprint density at radius 3 is 2.29 bits per heavy atom. The van der Waals surface area contributed by atoms with Gasteiger partial charge in [0.25, 0.3) is 0 Å². The summed E-state index contributed by atoms with van der Waals surface area (Å²) in [6, 6.07) is 7.63. The van der Waals surface area contributed by atoms with Crippen LogP contribution < -0.4 is 9.47 Å². The van der Waals surface area contributed by atoms with Crippen molar-refractivity contribution >= 4 is 12.6 Å². The Hall–Kier alpha value is -0.830. The van der Waals surface area contributed by atoms with Crippen molar-refractivity contribution in [3.63, 3.8) is 0 Å². The zero-order valence-electron chi connectivity index (χ0n) is 8.40. The van der Waals surface area contributed by atoms with Crippen LogP contribution in [-0.2, 0) is 0 Å². The van der Waals surface area contributed by atoms with Gasteiger partial charge in [-0.1, -0.05) is 0 Å². The van der Waals surface area contributed by atoms with E-state index in [9.17, 15) is 0 Å². The molecule has 0 spiro atoms. The third-order valence-electron chi connectivity index (χ3n) is 1.88. The van der Waals surface area contributed by atoms with Gasteiger partial charge in [0.15, 0.2) is 0 Å². The van der Waals surface area contributed by atoms with E-state index in [-0.39, 0.29) is 0 Å². The summed E-state index contributed by atoms with van der Waals surface area (Å²) >= 11 is 4.13. The van der Waals surface area contributed by atoms with Gasteiger partial charge in [-0.3, -0.25) is 0 Å². The van der Waals surface area contributed by atoms with E-state index in [0.717, 1.165) is 36.7 Å². The molecule has 0 radical (unpaired) electrons. The standard InChI is InChI=1S/C11H16O2S/c1-12-10-4-6-11(7-5-10)13-8-2-3-9-14/h4-7,14H,2-3,8-9H2,1H3. The Bertz CT molecular complexity index is 246. The van der Waals surface area contributed by atoms with E-state index >= 15 is 0 Å². The molecule has 0 aliphatic carbocycles. The predicted octanol–water partition coefficient (Wildman–Crippen LogP) is 2.78. The molecule has 1 rings (SSSR count). The third-order valence-corrected chi connectivity index (χ3v) is 2.20. The van der Waals surface area contributed by atoms with Gasteiger partial charge in [-0.25, -0.2) is 0 Å². The Balaban J connectivity index is 2.29. The maximum atomic E-state index is 5.52. The zero-order valence-corrected chi connectivity index (χ0v) is 9.30. The number of methoxy groups -OCH3 is 1. The van der Waals surface area contributed by atoms with Crippen LogP contribution in [0.25, 0.3) is 0 Å². The van der Waals surface area contributed by atoms with E-state index < -0.39 is 0 Å². The number of rotatable bonds is 6. The van der Waals surface area contributed by atoms with Crippen LogP contribution in [0.15, 0.2) is 24.3 Å². The molecule has 0 unspecified atom stereocenters. The summed E-state index contributed by atoms with van der Waals surface area (Å²) in [4.78, 5) is 0. The first kappa shape index (κ1) is 11.2. The number of benzene rings is 1. The van der Waals surface area contributed by atoms with Gasteiger partial charge in [-0.15, -0.1) is 0 Å². The lowest BCUT2D eigenvalue weighted by Gasteiger charge is -2.06. The van der Waals surface area contributed by atoms with Crippen molar-refractivity contribution in [1.29, 1.82) is 0 Å². The molecule has 0 atom stereocenters. The summed E-state index contributed by atoms with van der Waals surface area (Å²) in [5.41, 5.74) is 0. The summed E-state index contributed by atoms with van der Waals surface area (Å²) in [5, 5.41) is 0. The van der Waals surface area contributed by atoms with Crippen molar-refractivity contribution in [2.45, 2.75) is 12.8 Å². The van der Waals surface area contributed by atoms with Gasteiger partial charge in [0.2, 0.25) is 0 Å². The van der Waals surface area contributed by atoms with E-state index in [1.807, 2.05) is 24.3 Å². The van der Waals surface area contributed by atoms with Crippen LogP contribution >= 0.6 is 12.6 Å². The number of ether oxygens (including phenoxy) is 2. The van der Waals surface area contributed by atoms with Gasteiger partial charge in [0.05, 0.1) is 13.7 Å². The van der Waals surface area contributed by atoms with Crippen molar-refractivity contribution in [3.05, 3.63) is 24.3 Å². The molecule has 0 bridgehead atoms. The van der Waals surface area contributed by atoms with Crippen LogP contribution in [0.2, 0.25) is 0 Å². The highest BCUT2D eigenvalue weighted by Gasteiger charge is 1.94. The monoisotopic (exact) mass is 212 g/mol. The maximum Gasteiger partial charge on any atom is 0.119 e. The number of hydrogen-bond acceptors (Lipinski definition) is 3. The zero-order chi connectivity index (χ0) is 10.2. The summed E-state index contributed by atoms with van der Waals surface area (Å²) in [5.74, 6) is 2.67. The van der Waals surface area contributed by atoms with Crippen molar-refractivity contribution in [3.8, 4) is 11.5 Å². The van der Waals surface area contributed by atoms with Gasteiger partial charge >= 0.3 is 0 Å². The summed E-state index contributed by atoms with van der Waals surface area (Å²) in [7, 11) is 1.66. The summed E-state index contributed by atoms with van der Waals surface area (Å²) in [6.07, 6.45) is 2.15. The van der Waals surface area contributed by atoms with Gasteiger partial charge < -0.3 is 9.47 Å². The van der Waals surface area contributed by atoms with Crippen LogP contribution in [0.5, 0.6) is 11.5 Å². The largest absolute Gasteiger partial charge is 0.497 e. The minimum absolute atomic E-state index is 0.757. The van der Waals surface area contributed by atoms with E-state index in [4.69, 9.17) is 9.47 Å². The fourth-order valence-corrected chi connectivity index (χ4v) is 1.30. The lowest BCUT2D eigenvalue weighted by atomic mass is 10.3. The highest BCUT2D eigenvalue weighted by molar-refractivity contribution is 7.80. The van der Waals surface area contributed by atoms with Crippen LogP contribution in [0.3, 0.4) is 0 Å². The number of thiol groups is 1. The van der Waals surface area contributed by atoms with Crippen LogP contribution in [0.4, 0.5) is 0 Å². The quantitative estimate of drug-likeness (QED) is 0.577. The molecule has 1 aromatic carbocycles. The van der Waals surface area contributed by atoms with Crippen molar-refractivity contribution in [1.82, 2.24) is 0 Å². The first-order chi connectivity index (χ1) is 6.86. The second-order valence-electron chi connectivity index (χ2n) is 2.95. The molecule has 78 valence electrons. The number of unbranched alkanes of at least 4 members (excludes halogenated alkanes) is 1. The average molecular weight is 212 g/mol. The minimum atomic E-state index is 0.757. The fraction of sp³-hybridized carbons (Fsp3) is 0.455. The molecule has 0 amide bonds. The first-order valence-electron chi connectivity index (χ1n) is 4.74. The smallest absolute Gasteiger partial charge is 0.119 e. The Morgan fingerprint density at radius 2 is 1.71 bits per heavy atom. The fourth-order valence-electron chi connectivity index (χ4n) is 1.08. The van der Waals surface area contributed by atoms with Crippen molar-refractivity contribution in [2.24, 2.45) is 0 Å². The van der Waals surface area contributed by atoms with E-state index in [1.165, 1.54) is 0 Å². The molecular formula is C11H16O2S. The van der Waals surface area contributed by atoms with Crippen LogP contribution in [0.1, 0.15) is 12.8 Å². The van der Waals surface area contributed by atoms with Gasteiger partial charge in [0, 0.05) is 0 Å². The molecule has 1 aromatic rings. The Kier molecular flexibility index (Phi) is 5.30. The highest BCUT2D eigenvalue weighted by atomic mass is 32.1. The second kappa shape index (κ2) is 6.60. The molecule has 0 aliphatic rings. The Morgan fingerprint density at radius 1 is 1.07 bits per heavy atom. The molecule has 0 saturated heterocycles. The van der Waals surface area contributed by atoms with Crippen LogP contribution in [-0.4, -0.2) is 19.5 Å². The minimum Gasteiger partial charge on any atom is -0.497 e. The predicted molar refractivity (Wildman–Crippen MR) is 61.6 cm³/mol. The molecule has 0 saturated carbocycles. The van der Waals surface area contributed by atoms with E-state index in [0.29, 0.717) is 0 Å². The van der Waals surface area contributed by atoms with Gasteiger partial charge in [-0.05, 0) is 42.9 Å².